The first-order valence-electron chi connectivity index (χ1n) is 4.56. The summed E-state index contributed by atoms with van der Waals surface area (Å²) in [5.41, 5.74) is 0.536. The van der Waals surface area contributed by atoms with Gasteiger partial charge in [-0.3, -0.25) is 4.79 Å². The zero-order valence-electron chi connectivity index (χ0n) is 8.46. The van der Waals surface area contributed by atoms with E-state index in [2.05, 4.69) is 0 Å². The van der Waals surface area contributed by atoms with E-state index in [9.17, 15) is 9.18 Å². The van der Waals surface area contributed by atoms with Crippen LogP contribution in [0.5, 0.6) is 0 Å². The van der Waals surface area contributed by atoms with Crippen molar-refractivity contribution in [2.45, 2.75) is 13.3 Å². The molecule has 0 fully saturated rings. The van der Waals surface area contributed by atoms with Gasteiger partial charge in [0, 0.05) is 20.0 Å². The lowest BCUT2D eigenvalue weighted by Gasteiger charge is -2.18. The van der Waals surface area contributed by atoms with Crippen LogP contribution in [0.15, 0.2) is 24.3 Å². The molecule has 0 radical (unpaired) electrons. The number of hydrogen-bond donors (Lipinski definition) is 0. The summed E-state index contributed by atoms with van der Waals surface area (Å²) < 4.78 is 13.2. The van der Waals surface area contributed by atoms with Crippen LogP contribution in [-0.2, 0) is 4.79 Å². The van der Waals surface area contributed by atoms with Gasteiger partial charge >= 0.3 is 0 Å². The molecule has 0 amide bonds. The zero-order chi connectivity index (χ0) is 10.6. The Kier molecular flexibility index (Phi) is 3.63. The molecule has 0 aliphatic heterocycles. The van der Waals surface area contributed by atoms with Crippen molar-refractivity contribution < 1.29 is 9.18 Å². The van der Waals surface area contributed by atoms with Gasteiger partial charge in [0.1, 0.15) is 11.6 Å². The molecule has 0 N–H and O–H groups in total. The van der Waals surface area contributed by atoms with Crippen molar-refractivity contribution in [3.8, 4) is 0 Å². The number of rotatable bonds is 4. The highest BCUT2D eigenvalue weighted by Crippen LogP contribution is 2.16. The normalized spacial score (nSPS) is 9.93. The molecular formula is C11H14FNO. The van der Waals surface area contributed by atoms with Crippen molar-refractivity contribution in [2.75, 3.05) is 18.5 Å². The quantitative estimate of drug-likeness (QED) is 0.734. The molecule has 0 saturated heterocycles. The van der Waals surface area contributed by atoms with E-state index < -0.39 is 0 Å². The molecule has 1 aromatic carbocycles. The third-order valence-corrected chi connectivity index (χ3v) is 2.06. The summed E-state index contributed by atoms with van der Waals surface area (Å²) in [6.07, 6.45) is 0.449. The molecule has 0 aliphatic carbocycles. The van der Waals surface area contributed by atoms with Crippen LogP contribution in [0.3, 0.4) is 0 Å². The van der Waals surface area contributed by atoms with E-state index in [-0.39, 0.29) is 11.6 Å². The molecule has 76 valence electrons. The second-order valence-electron chi connectivity index (χ2n) is 3.32. The lowest BCUT2D eigenvalue weighted by molar-refractivity contribution is -0.116. The Labute approximate surface area is 83.3 Å². The Morgan fingerprint density at radius 3 is 2.64 bits per heavy atom. The van der Waals surface area contributed by atoms with Crippen LogP contribution in [0, 0.1) is 5.82 Å². The molecule has 0 bridgehead atoms. The highest BCUT2D eigenvalue weighted by molar-refractivity contribution is 5.76. The summed E-state index contributed by atoms with van der Waals surface area (Å²) in [6.45, 7) is 2.09. The van der Waals surface area contributed by atoms with Crippen molar-refractivity contribution in [2.24, 2.45) is 0 Å². The monoisotopic (exact) mass is 195 g/mol. The van der Waals surface area contributed by atoms with Gasteiger partial charge in [0.25, 0.3) is 0 Å². The lowest BCUT2D eigenvalue weighted by atomic mass is 10.2. The highest BCUT2D eigenvalue weighted by Gasteiger charge is 2.06. The molecule has 1 rings (SSSR count). The summed E-state index contributed by atoms with van der Waals surface area (Å²) in [6, 6.07) is 6.55. The van der Waals surface area contributed by atoms with Crippen LogP contribution in [0.2, 0.25) is 0 Å². The van der Waals surface area contributed by atoms with Crippen LogP contribution in [0.25, 0.3) is 0 Å². The van der Waals surface area contributed by atoms with E-state index in [0.717, 1.165) is 0 Å². The van der Waals surface area contributed by atoms with Gasteiger partial charge in [-0.2, -0.15) is 0 Å². The number of carbonyl (C=O) groups is 1. The Balaban J connectivity index is 2.65. The molecular weight excluding hydrogens is 181 g/mol. The fourth-order valence-electron chi connectivity index (χ4n) is 1.21. The molecule has 0 heterocycles. The number of anilines is 1. The molecule has 0 saturated carbocycles. The van der Waals surface area contributed by atoms with E-state index in [0.29, 0.717) is 18.7 Å². The van der Waals surface area contributed by atoms with E-state index >= 15 is 0 Å². The summed E-state index contributed by atoms with van der Waals surface area (Å²) in [5.74, 6) is -0.133. The molecule has 0 aromatic heterocycles. The highest BCUT2D eigenvalue weighted by atomic mass is 19.1. The Hall–Kier alpha value is -1.38. The number of hydrogen-bond acceptors (Lipinski definition) is 2. The summed E-state index contributed by atoms with van der Waals surface area (Å²) in [7, 11) is 1.78. The van der Waals surface area contributed by atoms with Crippen molar-refractivity contribution in [3.05, 3.63) is 30.1 Å². The molecule has 0 unspecified atom stereocenters. The van der Waals surface area contributed by atoms with Crippen LogP contribution >= 0.6 is 0 Å². The minimum absolute atomic E-state index is 0.119. The van der Waals surface area contributed by atoms with E-state index in [1.807, 2.05) is 0 Å². The minimum Gasteiger partial charge on any atom is -0.372 e. The third-order valence-electron chi connectivity index (χ3n) is 2.06. The number of carbonyl (C=O) groups excluding carboxylic acids is 1. The van der Waals surface area contributed by atoms with Gasteiger partial charge in [-0.25, -0.2) is 4.39 Å². The summed E-state index contributed by atoms with van der Waals surface area (Å²) in [4.78, 5) is 12.5. The smallest absolute Gasteiger partial charge is 0.146 e. The number of halogens is 1. The van der Waals surface area contributed by atoms with Gasteiger partial charge in [0.2, 0.25) is 0 Å². The van der Waals surface area contributed by atoms with E-state index in [4.69, 9.17) is 0 Å². The fraction of sp³-hybridized carbons (Fsp3) is 0.364. The average Bonchev–Trinajstić information content (AvgIpc) is 2.15. The van der Waals surface area contributed by atoms with Gasteiger partial charge < -0.3 is 4.90 Å². The second-order valence-corrected chi connectivity index (χ2v) is 3.32. The van der Waals surface area contributed by atoms with E-state index in [1.165, 1.54) is 13.0 Å². The lowest BCUT2D eigenvalue weighted by Crippen LogP contribution is -2.21. The molecule has 3 heteroatoms. The maximum absolute atomic E-state index is 13.2. The van der Waals surface area contributed by atoms with Crippen LogP contribution in [-0.4, -0.2) is 19.4 Å². The predicted molar refractivity (Wildman–Crippen MR) is 55.0 cm³/mol. The summed E-state index contributed by atoms with van der Waals surface area (Å²) >= 11 is 0. The largest absolute Gasteiger partial charge is 0.372 e. The number of nitrogens with zero attached hydrogens (tertiary/aromatic N) is 1. The van der Waals surface area contributed by atoms with Crippen molar-refractivity contribution in [1.82, 2.24) is 0 Å². The van der Waals surface area contributed by atoms with Crippen LogP contribution in [0.4, 0.5) is 10.1 Å². The SMILES string of the molecule is CC(=O)CCN(C)c1ccccc1F. The first-order valence-corrected chi connectivity index (χ1v) is 4.56. The maximum atomic E-state index is 13.2. The summed E-state index contributed by atoms with van der Waals surface area (Å²) in [5, 5.41) is 0. The number of para-hydroxylation sites is 1. The van der Waals surface area contributed by atoms with Crippen molar-refractivity contribution in [1.29, 1.82) is 0 Å². The minimum atomic E-state index is -0.251. The first kappa shape index (κ1) is 10.7. The Morgan fingerprint density at radius 1 is 1.43 bits per heavy atom. The number of Topliss-reactive ketones (excluding diaryl/α,β-unsaturated/α-hetero) is 1. The third kappa shape index (κ3) is 2.83. The zero-order valence-corrected chi connectivity index (χ0v) is 8.46. The molecule has 0 spiro atoms. The standard InChI is InChI=1S/C11H14FNO/c1-9(14)7-8-13(2)11-6-4-3-5-10(11)12/h3-6H,7-8H2,1-2H3. The maximum Gasteiger partial charge on any atom is 0.146 e. The van der Waals surface area contributed by atoms with Gasteiger partial charge in [0.05, 0.1) is 5.69 Å². The first-order chi connectivity index (χ1) is 6.61. The number of ketones is 1. The Morgan fingerprint density at radius 2 is 2.07 bits per heavy atom. The van der Waals surface area contributed by atoms with Crippen molar-refractivity contribution in [3.63, 3.8) is 0 Å². The predicted octanol–water partition coefficient (Wildman–Crippen LogP) is 2.24. The van der Waals surface area contributed by atoms with Gasteiger partial charge in [0.15, 0.2) is 0 Å². The van der Waals surface area contributed by atoms with Gasteiger partial charge in [-0.1, -0.05) is 12.1 Å². The van der Waals surface area contributed by atoms with Crippen LogP contribution < -0.4 is 4.90 Å². The van der Waals surface area contributed by atoms with Gasteiger partial charge in [-0.15, -0.1) is 0 Å². The van der Waals surface area contributed by atoms with Crippen molar-refractivity contribution >= 4 is 11.5 Å². The molecule has 14 heavy (non-hydrogen) atoms. The fourth-order valence-corrected chi connectivity index (χ4v) is 1.21. The van der Waals surface area contributed by atoms with Crippen LogP contribution in [0.1, 0.15) is 13.3 Å². The second kappa shape index (κ2) is 4.74. The molecule has 0 atom stereocenters. The average molecular weight is 195 g/mol. The Bertz CT molecular complexity index is 325. The molecule has 0 aliphatic rings. The van der Waals surface area contributed by atoms with E-state index in [1.54, 1.807) is 30.1 Å². The topological polar surface area (TPSA) is 20.3 Å². The molecule has 2 nitrogen and oxygen atoms in total. The number of benzene rings is 1. The molecule has 1 aromatic rings. The van der Waals surface area contributed by atoms with Gasteiger partial charge in [-0.05, 0) is 19.1 Å².